The van der Waals surface area contributed by atoms with E-state index in [-0.39, 0.29) is 17.9 Å². The topological polar surface area (TPSA) is 71.4 Å². The minimum atomic E-state index is -2.91. The summed E-state index contributed by atoms with van der Waals surface area (Å²) >= 11 is 1.46. The van der Waals surface area contributed by atoms with Crippen LogP contribution in [0.25, 0.3) is 0 Å². The fraction of sp³-hybridized carbons (Fsp3) is 0.417. The van der Waals surface area contributed by atoms with Crippen LogP contribution in [0.2, 0.25) is 0 Å². The molecule has 0 aromatic heterocycles. The van der Waals surface area contributed by atoms with E-state index in [1.807, 2.05) is 12.1 Å². The number of aliphatic carboxylic acids is 1. The van der Waals surface area contributed by atoms with Gasteiger partial charge in [0.2, 0.25) is 0 Å². The molecular weight excluding hydrogens is 272 g/mol. The maximum atomic E-state index is 11.3. The highest BCUT2D eigenvalue weighted by atomic mass is 32.2. The highest BCUT2D eigenvalue weighted by molar-refractivity contribution is 8.00. The van der Waals surface area contributed by atoms with E-state index in [1.165, 1.54) is 11.8 Å². The second-order valence-electron chi connectivity index (χ2n) is 3.80. The number of rotatable bonds is 7. The Morgan fingerprint density at radius 1 is 1.28 bits per heavy atom. The maximum absolute atomic E-state index is 11.3. The van der Waals surface area contributed by atoms with Gasteiger partial charge >= 0.3 is 5.97 Å². The van der Waals surface area contributed by atoms with Crippen LogP contribution in [-0.2, 0) is 21.1 Å². The quantitative estimate of drug-likeness (QED) is 0.775. The van der Waals surface area contributed by atoms with Crippen molar-refractivity contribution in [1.82, 2.24) is 0 Å². The number of carboxylic acid groups (broad SMARTS) is 1. The third-order valence-electron chi connectivity index (χ3n) is 2.38. The second kappa shape index (κ2) is 6.80. The molecule has 1 N–H and O–H groups in total. The van der Waals surface area contributed by atoms with Gasteiger partial charge in [0.05, 0.1) is 12.2 Å². The van der Waals surface area contributed by atoms with Crippen LogP contribution >= 0.6 is 11.8 Å². The Morgan fingerprint density at radius 3 is 2.39 bits per heavy atom. The Hall–Kier alpha value is -1.01. The van der Waals surface area contributed by atoms with Crippen LogP contribution in [0.5, 0.6) is 0 Å². The number of hydrogen-bond donors (Lipinski definition) is 1. The first kappa shape index (κ1) is 15.0. The molecule has 0 amide bonds. The molecule has 0 spiro atoms. The first-order chi connectivity index (χ1) is 8.43. The lowest BCUT2D eigenvalue weighted by atomic mass is 10.2. The molecular formula is C12H16O4S2. The van der Waals surface area contributed by atoms with E-state index in [2.05, 4.69) is 0 Å². The lowest BCUT2D eigenvalue weighted by Crippen LogP contribution is -2.10. The number of thioether (sulfide) groups is 1. The van der Waals surface area contributed by atoms with Gasteiger partial charge in [0.15, 0.2) is 9.84 Å². The monoisotopic (exact) mass is 288 g/mol. The summed E-state index contributed by atoms with van der Waals surface area (Å²) in [7, 11) is -2.91. The molecule has 1 aromatic rings. The van der Waals surface area contributed by atoms with Crippen molar-refractivity contribution in [2.75, 3.05) is 17.3 Å². The fourth-order valence-electron chi connectivity index (χ4n) is 1.31. The van der Waals surface area contributed by atoms with Crippen molar-refractivity contribution in [3.05, 3.63) is 29.8 Å². The number of carboxylic acids is 1. The van der Waals surface area contributed by atoms with E-state index in [0.29, 0.717) is 5.75 Å². The van der Waals surface area contributed by atoms with Gasteiger partial charge in [-0.1, -0.05) is 19.1 Å². The van der Waals surface area contributed by atoms with Crippen molar-refractivity contribution in [2.45, 2.75) is 18.2 Å². The summed E-state index contributed by atoms with van der Waals surface area (Å²) in [5.41, 5.74) is 0.744. The van der Waals surface area contributed by atoms with Gasteiger partial charge in [0.25, 0.3) is 0 Å². The molecule has 0 fully saturated rings. The van der Waals surface area contributed by atoms with Crippen LogP contribution in [0.1, 0.15) is 12.5 Å². The SMILES string of the molecule is CCS(=O)(=O)CCSc1ccc(CC(=O)O)cc1. The molecule has 100 valence electrons. The summed E-state index contributed by atoms with van der Waals surface area (Å²) in [6.07, 6.45) is 0.00909. The Bertz CT molecular complexity index is 491. The van der Waals surface area contributed by atoms with Crippen molar-refractivity contribution in [3.63, 3.8) is 0 Å². The third kappa shape index (κ3) is 5.55. The molecule has 18 heavy (non-hydrogen) atoms. The first-order valence-corrected chi connectivity index (χ1v) is 8.37. The average Bonchev–Trinajstić information content (AvgIpc) is 2.30. The summed E-state index contributed by atoms with van der Waals surface area (Å²) in [5, 5.41) is 8.62. The number of carbonyl (C=O) groups is 1. The Kier molecular flexibility index (Phi) is 5.68. The zero-order valence-corrected chi connectivity index (χ0v) is 11.8. The van der Waals surface area contributed by atoms with Gasteiger partial charge in [-0.05, 0) is 17.7 Å². The Morgan fingerprint density at radius 2 is 1.89 bits per heavy atom. The van der Waals surface area contributed by atoms with Crippen molar-refractivity contribution in [3.8, 4) is 0 Å². The van der Waals surface area contributed by atoms with E-state index >= 15 is 0 Å². The van der Waals surface area contributed by atoms with E-state index < -0.39 is 15.8 Å². The van der Waals surface area contributed by atoms with E-state index in [0.717, 1.165) is 10.5 Å². The first-order valence-electron chi connectivity index (χ1n) is 5.57. The molecule has 6 heteroatoms. The maximum Gasteiger partial charge on any atom is 0.307 e. The molecule has 0 atom stereocenters. The van der Waals surface area contributed by atoms with Gasteiger partial charge in [-0.3, -0.25) is 4.79 Å². The molecule has 0 saturated carbocycles. The van der Waals surface area contributed by atoms with Crippen molar-refractivity contribution >= 4 is 27.6 Å². The molecule has 0 saturated heterocycles. The molecule has 4 nitrogen and oxygen atoms in total. The van der Waals surface area contributed by atoms with Crippen LogP contribution in [0.4, 0.5) is 0 Å². The third-order valence-corrected chi connectivity index (χ3v) is 5.36. The average molecular weight is 288 g/mol. The predicted octanol–water partition coefficient (Wildman–Crippen LogP) is 1.84. The second-order valence-corrected chi connectivity index (χ2v) is 7.44. The van der Waals surface area contributed by atoms with Gasteiger partial charge in [0.1, 0.15) is 0 Å². The van der Waals surface area contributed by atoms with Gasteiger partial charge in [-0.15, -0.1) is 11.8 Å². The molecule has 0 bridgehead atoms. The van der Waals surface area contributed by atoms with Gasteiger partial charge in [-0.2, -0.15) is 0 Å². The van der Waals surface area contributed by atoms with Gasteiger partial charge in [-0.25, -0.2) is 8.42 Å². The predicted molar refractivity (Wildman–Crippen MR) is 72.8 cm³/mol. The molecule has 1 aromatic carbocycles. The normalized spacial score (nSPS) is 11.4. The van der Waals surface area contributed by atoms with Crippen LogP contribution in [0.15, 0.2) is 29.2 Å². The smallest absolute Gasteiger partial charge is 0.307 e. The van der Waals surface area contributed by atoms with Crippen LogP contribution in [0, 0.1) is 0 Å². The molecule has 0 aliphatic rings. The van der Waals surface area contributed by atoms with E-state index in [9.17, 15) is 13.2 Å². The minimum Gasteiger partial charge on any atom is -0.481 e. The summed E-state index contributed by atoms with van der Waals surface area (Å²) in [5.74, 6) is 0.00868. The molecule has 0 unspecified atom stereocenters. The Labute approximate surface area is 111 Å². The molecule has 0 heterocycles. The van der Waals surface area contributed by atoms with Crippen molar-refractivity contribution < 1.29 is 18.3 Å². The standard InChI is InChI=1S/C12H16O4S2/c1-2-18(15,16)8-7-17-11-5-3-10(4-6-11)9-12(13)14/h3-6H,2,7-9H2,1H3,(H,13,14). The largest absolute Gasteiger partial charge is 0.481 e. The molecule has 0 aliphatic carbocycles. The lowest BCUT2D eigenvalue weighted by Gasteiger charge is -2.03. The molecule has 0 radical (unpaired) electrons. The molecule has 0 aliphatic heterocycles. The summed E-state index contributed by atoms with van der Waals surface area (Å²) in [6, 6.07) is 7.15. The molecule has 1 rings (SSSR count). The zero-order valence-electron chi connectivity index (χ0n) is 10.1. The summed E-state index contributed by atoms with van der Waals surface area (Å²) < 4.78 is 22.6. The zero-order chi connectivity index (χ0) is 13.6. The van der Waals surface area contributed by atoms with Crippen LogP contribution in [-0.4, -0.2) is 36.8 Å². The van der Waals surface area contributed by atoms with Crippen molar-refractivity contribution in [2.24, 2.45) is 0 Å². The van der Waals surface area contributed by atoms with Gasteiger partial charge < -0.3 is 5.11 Å². The van der Waals surface area contributed by atoms with E-state index in [4.69, 9.17) is 5.11 Å². The summed E-state index contributed by atoms with van der Waals surface area (Å²) in [4.78, 5) is 11.5. The van der Waals surface area contributed by atoms with Crippen molar-refractivity contribution in [1.29, 1.82) is 0 Å². The van der Waals surface area contributed by atoms with Crippen LogP contribution in [0.3, 0.4) is 0 Å². The number of hydrogen-bond acceptors (Lipinski definition) is 4. The van der Waals surface area contributed by atoms with E-state index in [1.54, 1.807) is 19.1 Å². The highest BCUT2D eigenvalue weighted by Crippen LogP contribution is 2.19. The highest BCUT2D eigenvalue weighted by Gasteiger charge is 2.07. The van der Waals surface area contributed by atoms with Crippen LogP contribution < -0.4 is 0 Å². The Balaban J connectivity index is 2.47. The number of benzene rings is 1. The van der Waals surface area contributed by atoms with Gasteiger partial charge in [0, 0.05) is 16.4 Å². The lowest BCUT2D eigenvalue weighted by molar-refractivity contribution is -0.136. The minimum absolute atomic E-state index is 0.00909. The fourth-order valence-corrected chi connectivity index (χ4v) is 3.51. The number of sulfone groups is 1. The summed E-state index contributed by atoms with van der Waals surface area (Å²) in [6.45, 7) is 1.64.